The molecule has 0 aliphatic carbocycles. The fraction of sp³-hybridized carbons (Fsp3) is 0.0769. The minimum Gasteiger partial charge on any atom is -0.478 e. The van der Waals surface area contributed by atoms with Crippen molar-refractivity contribution in [2.45, 2.75) is 6.92 Å². The Bertz CT molecular complexity index is 459. The number of rotatable bonds is 5. The average Bonchev–Trinajstić information content (AvgIpc) is 2.34. The topological polar surface area (TPSA) is 61.7 Å². The van der Waals surface area contributed by atoms with Gasteiger partial charge in [-0.05, 0) is 24.1 Å². The quantitative estimate of drug-likeness (QED) is 0.463. The SMILES string of the molecule is C=NN/C(=C\C)c1ccc(/C=C/C(=O)O)cc1. The van der Waals surface area contributed by atoms with E-state index in [4.69, 9.17) is 5.11 Å². The van der Waals surface area contributed by atoms with Gasteiger partial charge in [0.1, 0.15) is 0 Å². The van der Waals surface area contributed by atoms with Crippen LogP contribution < -0.4 is 5.43 Å². The number of benzene rings is 1. The molecule has 17 heavy (non-hydrogen) atoms. The molecule has 1 aromatic rings. The first kappa shape index (κ1) is 12.7. The summed E-state index contributed by atoms with van der Waals surface area (Å²) in [6.07, 6.45) is 4.53. The van der Waals surface area contributed by atoms with Crippen molar-refractivity contribution in [2.75, 3.05) is 0 Å². The normalized spacial score (nSPS) is 11.5. The van der Waals surface area contributed by atoms with Crippen LogP contribution in [0.4, 0.5) is 0 Å². The predicted molar refractivity (Wildman–Crippen MR) is 69.4 cm³/mol. The predicted octanol–water partition coefficient (Wildman–Crippen LogP) is 2.35. The number of nitrogens with one attached hydrogen (secondary N) is 1. The number of hydrogen-bond donors (Lipinski definition) is 2. The van der Waals surface area contributed by atoms with Crippen molar-refractivity contribution < 1.29 is 9.90 Å². The average molecular weight is 230 g/mol. The van der Waals surface area contributed by atoms with Crippen LogP contribution in [0, 0.1) is 0 Å². The molecule has 2 N–H and O–H groups in total. The van der Waals surface area contributed by atoms with Gasteiger partial charge in [-0.3, -0.25) is 5.43 Å². The van der Waals surface area contributed by atoms with Gasteiger partial charge in [-0.2, -0.15) is 5.10 Å². The fourth-order valence-corrected chi connectivity index (χ4v) is 1.32. The highest BCUT2D eigenvalue weighted by Gasteiger charge is 1.98. The number of carboxylic acid groups (broad SMARTS) is 1. The lowest BCUT2D eigenvalue weighted by molar-refractivity contribution is -0.131. The number of hydrogen-bond acceptors (Lipinski definition) is 3. The van der Waals surface area contributed by atoms with Crippen molar-refractivity contribution in [3.63, 3.8) is 0 Å². The molecule has 0 saturated heterocycles. The lowest BCUT2D eigenvalue weighted by Gasteiger charge is -2.05. The number of hydrazone groups is 1. The van der Waals surface area contributed by atoms with Crippen LogP contribution in [0.25, 0.3) is 11.8 Å². The molecule has 4 nitrogen and oxygen atoms in total. The van der Waals surface area contributed by atoms with Gasteiger partial charge in [0, 0.05) is 12.8 Å². The summed E-state index contributed by atoms with van der Waals surface area (Å²) >= 11 is 0. The molecule has 0 spiro atoms. The van der Waals surface area contributed by atoms with Crippen LogP contribution in [0.2, 0.25) is 0 Å². The van der Waals surface area contributed by atoms with Crippen LogP contribution in [-0.4, -0.2) is 17.8 Å². The van der Waals surface area contributed by atoms with Gasteiger partial charge >= 0.3 is 5.97 Å². The van der Waals surface area contributed by atoms with Gasteiger partial charge in [-0.1, -0.05) is 30.3 Å². The second kappa shape index (κ2) is 6.27. The Kier molecular flexibility index (Phi) is 4.69. The van der Waals surface area contributed by atoms with E-state index >= 15 is 0 Å². The number of carboxylic acids is 1. The molecule has 0 bridgehead atoms. The minimum absolute atomic E-state index is 0.832. The highest BCUT2D eigenvalue weighted by molar-refractivity contribution is 5.85. The molecule has 0 radical (unpaired) electrons. The Morgan fingerprint density at radius 1 is 1.41 bits per heavy atom. The summed E-state index contributed by atoms with van der Waals surface area (Å²) in [4.78, 5) is 10.4. The fourth-order valence-electron chi connectivity index (χ4n) is 1.32. The van der Waals surface area contributed by atoms with E-state index in [1.54, 1.807) is 6.08 Å². The maximum atomic E-state index is 10.4. The van der Waals surface area contributed by atoms with Gasteiger partial charge < -0.3 is 5.11 Å². The second-order valence-electron chi connectivity index (χ2n) is 3.27. The standard InChI is InChI=1S/C13H14N2O2/c1-3-12(15-14-2)11-7-4-10(5-8-11)6-9-13(16)17/h3-9,15H,2H2,1H3,(H,16,17)/b9-6+,12-3-. The van der Waals surface area contributed by atoms with Crippen molar-refractivity contribution in [1.82, 2.24) is 5.43 Å². The summed E-state index contributed by atoms with van der Waals surface area (Å²) in [6, 6.07) is 7.44. The van der Waals surface area contributed by atoms with E-state index in [1.165, 1.54) is 0 Å². The summed E-state index contributed by atoms with van der Waals surface area (Å²) in [7, 11) is 0. The Labute approximate surface area is 100.0 Å². The monoisotopic (exact) mass is 230 g/mol. The third-order valence-corrected chi connectivity index (χ3v) is 2.13. The van der Waals surface area contributed by atoms with E-state index in [0.717, 1.165) is 22.9 Å². The first-order chi connectivity index (χ1) is 8.17. The molecule has 4 heteroatoms. The summed E-state index contributed by atoms with van der Waals surface area (Å²) in [5.41, 5.74) is 5.43. The van der Waals surface area contributed by atoms with Gasteiger partial charge in [-0.25, -0.2) is 4.79 Å². The lowest BCUT2D eigenvalue weighted by Crippen LogP contribution is -2.02. The summed E-state index contributed by atoms with van der Waals surface area (Å²) in [5, 5.41) is 12.1. The van der Waals surface area contributed by atoms with Crippen LogP contribution in [0.3, 0.4) is 0 Å². The van der Waals surface area contributed by atoms with Gasteiger partial charge in [-0.15, -0.1) is 0 Å². The Hall–Kier alpha value is -2.36. The van der Waals surface area contributed by atoms with Crippen molar-refractivity contribution >= 4 is 24.5 Å². The zero-order chi connectivity index (χ0) is 12.7. The molecule has 0 fully saturated rings. The van der Waals surface area contributed by atoms with E-state index in [9.17, 15) is 4.79 Å². The summed E-state index contributed by atoms with van der Waals surface area (Å²) < 4.78 is 0. The number of nitrogens with zero attached hydrogens (tertiary/aromatic N) is 1. The van der Waals surface area contributed by atoms with E-state index in [-0.39, 0.29) is 0 Å². The molecule has 0 aromatic heterocycles. The number of carbonyl (C=O) groups is 1. The van der Waals surface area contributed by atoms with Crippen molar-refractivity contribution in [3.05, 3.63) is 47.5 Å². The molecular weight excluding hydrogens is 216 g/mol. The smallest absolute Gasteiger partial charge is 0.328 e. The van der Waals surface area contributed by atoms with Gasteiger partial charge in [0.25, 0.3) is 0 Å². The van der Waals surface area contributed by atoms with Crippen molar-refractivity contribution in [3.8, 4) is 0 Å². The third-order valence-electron chi connectivity index (χ3n) is 2.13. The number of allylic oxidation sites excluding steroid dienone is 1. The molecule has 0 atom stereocenters. The van der Waals surface area contributed by atoms with Crippen LogP contribution in [-0.2, 0) is 4.79 Å². The molecule has 88 valence electrons. The molecule has 0 amide bonds. The molecule has 1 rings (SSSR count). The van der Waals surface area contributed by atoms with Crippen molar-refractivity contribution in [2.24, 2.45) is 5.10 Å². The highest BCUT2D eigenvalue weighted by atomic mass is 16.4. The van der Waals surface area contributed by atoms with E-state index < -0.39 is 5.97 Å². The van der Waals surface area contributed by atoms with Crippen LogP contribution in [0.1, 0.15) is 18.1 Å². The zero-order valence-corrected chi connectivity index (χ0v) is 9.55. The first-order valence-corrected chi connectivity index (χ1v) is 5.07. The van der Waals surface area contributed by atoms with Gasteiger partial charge in [0.05, 0.1) is 5.70 Å². The van der Waals surface area contributed by atoms with Crippen LogP contribution in [0.5, 0.6) is 0 Å². The van der Waals surface area contributed by atoms with Crippen LogP contribution >= 0.6 is 0 Å². The maximum Gasteiger partial charge on any atom is 0.328 e. The number of aliphatic carboxylic acids is 1. The molecular formula is C13H14N2O2. The molecule has 0 aliphatic rings. The highest BCUT2D eigenvalue weighted by Crippen LogP contribution is 2.13. The summed E-state index contributed by atoms with van der Waals surface area (Å²) in [5.74, 6) is -0.958. The molecule has 0 heterocycles. The Morgan fingerprint density at radius 3 is 2.53 bits per heavy atom. The Morgan fingerprint density at radius 2 is 2.06 bits per heavy atom. The second-order valence-corrected chi connectivity index (χ2v) is 3.27. The zero-order valence-electron chi connectivity index (χ0n) is 9.55. The molecule has 1 aromatic carbocycles. The van der Waals surface area contributed by atoms with Gasteiger partial charge in [0.2, 0.25) is 0 Å². The van der Waals surface area contributed by atoms with E-state index in [1.807, 2.05) is 37.3 Å². The van der Waals surface area contributed by atoms with Crippen LogP contribution in [0.15, 0.2) is 41.5 Å². The van der Waals surface area contributed by atoms with Crippen molar-refractivity contribution in [1.29, 1.82) is 0 Å². The molecule has 0 unspecified atom stereocenters. The third kappa shape index (κ3) is 3.95. The molecule has 0 saturated carbocycles. The molecule has 0 aliphatic heterocycles. The lowest BCUT2D eigenvalue weighted by atomic mass is 10.1. The largest absolute Gasteiger partial charge is 0.478 e. The van der Waals surface area contributed by atoms with Gasteiger partial charge in [0.15, 0.2) is 0 Å². The minimum atomic E-state index is -0.958. The Balaban J connectivity index is 2.87. The van der Waals surface area contributed by atoms with E-state index in [0.29, 0.717) is 0 Å². The maximum absolute atomic E-state index is 10.4. The van der Waals surface area contributed by atoms with E-state index in [2.05, 4.69) is 17.2 Å². The first-order valence-electron chi connectivity index (χ1n) is 5.07. The summed E-state index contributed by atoms with van der Waals surface area (Å²) in [6.45, 7) is 5.26.